The van der Waals surface area contributed by atoms with Gasteiger partial charge in [-0.3, -0.25) is 9.59 Å². The van der Waals surface area contributed by atoms with Crippen molar-refractivity contribution in [1.29, 1.82) is 0 Å². The zero-order valence-electron chi connectivity index (χ0n) is 16.1. The molecule has 28 heavy (non-hydrogen) atoms. The molecule has 1 aromatic heterocycles. The lowest BCUT2D eigenvalue weighted by Crippen LogP contribution is -2.37. The molecule has 2 aromatic carbocycles. The summed E-state index contributed by atoms with van der Waals surface area (Å²) in [6.07, 6.45) is 1.77. The standard InChI is InChI=1S/C22H23N3O3/c1-3-28-16-12-10-15(11-13-16)18-9-6-14-25(18)22(27)20-21(26)24(2)19-8-5-4-7-17(19)23-20/h4-5,7-8,10-13,18H,3,6,9,14H2,1-2H3. The number of amides is 1. The maximum atomic E-state index is 13.2. The highest BCUT2D eigenvalue weighted by atomic mass is 16.5. The molecule has 4 rings (SSSR count). The highest BCUT2D eigenvalue weighted by molar-refractivity contribution is 5.94. The van der Waals surface area contributed by atoms with Crippen LogP contribution in [0.3, 0.4) is 0 Å². The van der Waals surface area contributed by atoms with E-state index in [1.54, 1.807) is 11.9 Å². The normalized spacial score (nSPS) is 16.5. The first kappa shape index (κ1) is 18.2. The smallest absolute Gasteiger partial charge is 0.282 e. The van der Waals surface area contributed by atoms with E-state index in [1.807, 2.05) is 55.5 Å². The maximum Gasteiger partial charge on any atom is 0.282 e. The minimum Gasteiger partial charge on any atom is -0.494 e. The fourth-order valence-electron chi connectivity index (χ4n) is 3.86. The van der Waals surface area contributed by atoms with E-state index >= 15 is 0 Å². The van der Waals surface area contributed by atoms with Crippen molar-refractivity contribution in [3.63, 3.8) is 0 Å². The molecular formula is C22H23N3O3. The predicted octanol–water partition coefficient (Wildman–Crippen LogP) is 3.31. The van der Waals surface area contributed by atoms with Crippen molar-refractivity contribution >= 4 is 16.9 Å². The second kappa shape index (κ2) is 7.46. The van der Waals surface area contributed by atoms with Crippen LogP contribution in [0.5, 0.6) is 5.75 Å². The SMILES string of the molecule is CCOc1ccc(C2CCCN2C(=O)c2nc3ccccc3n(C)c2=O)cc1. The Kier molecular flexibility index (Phi) is 4.86. The van der Waals surface area contributed by atoms with Crippen molar-refractivity contribution in [3.05, 3.63) is 70.1 Å². The Morgan fingerprint density at radius 1 is 1.18 bits per heavy atom. The first-order valence-corrected chi connectivity index (χ1v) is 9.59. The quantitative estimate of drug-likeness (QED) is 0.700. The summed E-state index contributed by atoms with van der Waals surface area (Å²) < 4.78 is 7.00. The van der Waals surface area contributed by atoms with Crippen molar-refractivity contribution in [2.45, 2.75) is 25.8 Å². The topological polar surface area (TPSA) is 64.4 Å². The largest absolute Gasteiger partial charge is 0.494 e. The van der Waals surface area contributed by atoms with E-state index in [9.17, 15) is 9.59 Å². The van der Waals surface area contributed by atoms with Crippen LogP contribution in [0, 0.1) is 0 Å². The number of benzene rings is 2. The van der Waals surface area contributed by atoms with E-state index in [-0.39, 0.29) is 23.2 Å². The Morgan fingerprint density at radius 3 is 2.68 bits per heavy atom. The van der Waals surface area contributed by atoms with Crippen LogP contribution >= 0.6 is 0 Å². The van der Waals surface area contributed by atoms with Crippen LogP contribution < -0.4 is 10.3 Å². The lowest BCUT2D eigenvalue weighted by molar-refractivity contribution is 0.0727. The monoisotopic (exact) mass is 377 g/mol. The van der Waals surface area contributed by atoms with Crippen molar-refractivity contribution in [2.75, 3.05) is 13.2 Å². The lowest BCUT2D eigenvalue weighted by Gasteiger charge is -2.25. The molecule has 1 saturated heterocycles. The molecule has 2 heterocycles. The minimum absolute atomic E-state index is 0.0148. The molecule has 0 aliphatic carbocycles. The van der Waals surface area contributed by atoms with Gasteiger partial charge in [0.25, 0.3) is 11.5 Å². The number of fused-ring (bicyclic) bond motifs is 1. The number of hydrogen-bond donors (Lipinski definition) is 0. The van der Waals surface area contributed by atoms with Gasteiger partial charge in [0.15, 0.2) is 5.69 Å². The Labute approximate surface area is 163 Å². The molecule has 1 unspecified atom stereocenters. The number of carbonyl (C=O) groups excluding carboxylic acids is 1. The van der Waals surface area contributed by atoms with Crippen molar-refractivity contribution in [3.8, 4) is 5.75 Å². The van der Waals surface area contributed by atoms with Gasteiger partial charge in [-0.25, -0.2) is 4.98 Å². The molecule has 1 aliphatic rings. The number of para-hydroxylation sites is 2. The highest BCUT2D eigenvalue weighted by Crippen LogP contribution is 2.33. The molecule has 1 aliphatic heterocycles. The zero-order valence-corrected chi connectivity index (χ0v) is 16.1. The van der Waals surface area contributed by atoms with Gasteiger partial charge in [-0.05, 0) is 49.6 Å². The lowest BCUT2D eigenvalue weighted by atomic mass is 10.0. The summed E-state index contributed by atoms with van der Waals surface area (Å²) in [6.45, 7) is 3.18. The van der Waals surface area contributed by atoms with E-state index in [1.165, 1.54) is 4.57 Å². The molecule has 0 spiro atoms. The fourth-order valence-corrected chi connectivity index (χ4v) is 3.86. The molecule has 0 bridgehead atoms. The first-order valence-electron chi connectivity index (χ1n) is 9.59. The molecule has 1 amide bonds. The molecule has 0 radical (unpaired) electrons. The Balaban J connectivity index is 1.68. The van der Waals surface area contributed by atoms with Gasteiger partial charge in [0, 0.05) is 13.6 Å². The molecule has 6 nitrogen and oxygen atoms in total. The fraction of sp³-hybridized carbons (Fsp3) is 0.318. The van der Waals surface area contributed by atoms with Crippen LogP contribution in [-0.4, -0.2) is 33.5 Å². The van der Waals surface area contributed by atoms with Gasteiger partial charge in [-0.2, -0.15) is 0 Å². The predicted molar refractivity (Wildman–Crippen MR) is 108 cm³/mol. The third-order valence-electron chi connectivity index (χ3n) is 5.27. The third-order valence-corrected chi connectivity index (χ3v) is 5.27. The molecule has 0 saturated carbocycles. The van der Waals surface area contributed by atoms with Crippen molar-refractivity contribution < 1.29 is 9.53 Å². The van der Waals surface area contributed by atoms with Gasteiger partial charge < -0.3 is 14.2 Å². The van der Waals surface area contributed by atoms with Gasteiger partial charge >= 0.3 is 0 Å². The number of hydrogen-bond acceptors (Lipinski definition) is 4. The molecule has 1 atom stereocenters. The van der Waals surface area contributed by atoms with Gasteiger partial charge in [0.05, 0.1) is 23.7 Å². The summed E-state index contributed by atoms with van der Waals surface area (Å²) in [4.78, 5) is 32.2. The number of ether oxygens (including phenoxy) is 1. The Bertz CT molecular complexity index is 1070. The van der Waals surface area contributed by atoms with Crippen LogP contribution in [0.4, 0.5) is 0 Å². The minimum atomic E-state index is -0.360. The van der Waals surface area contributed by atoms with Crippen LogP contribution in [0.2, 0.25) is 0 Å². The number of rotatable bonds is 4. The Morgan fingerprint density at radius 2 is 1.93 bits per heavy atom. The number of carbonyl (C=O) groups is 1. The molecule has 6 heteroatoms. The average molecular weight is 377 g/mol. The number of aromatic nitrogens is 2. The number of likely N-dealkylation sites (tertiary alicyclic amines) is 1. The number of aryl methyl sites for hydroxylation is 1. The highest BCUT2D eigenvalue weighted by Gasteiger charge is 2.33. The second-order valence-corrected chi connectivity index (χ2v) is 6.97. The van der Waals surface area contributed by atoms with Crippen molar-refractivity contribution in [1.82, 2.24) is 14.5 Å². The molecule has 144 valence electrons. The first-order chi connectivity index (χ1) is 13.6. The van der Waals surface area contributed by atoms with E-state index in [0.29, 0.717) is 24.2 Å². The summed E-state index contributed by atoms with van der Waals surface area (Å²) in [7, 11) is 1.68. The average Bonchev–Trinajstić information content (AvgIpc) is 3.21. The van der Waals surface area contributed by atoms with Gasteiger partial charge in [0.2, 0.25) is 0 Å². The maximum absolute atomic E-state index is 13.2. The summed E-state index contributed by atoms with van der Waals surface area (Å²) in [5, 5.41) is 0. The van der Waals surface area contributed by atoms with Crippen LogP contribution in [-0.2, 0) is 7.05 Å². The number of nitrogens with zero attached hydrogens (tertiary/aromatic N) is 3. The molecule has 0 N–H and O–H groups in total. The van der Waals surface area contributed by atoms with Gasteiger partial charge in [0.1, 0.15) is 5.75 Å². The van der Waals surface area contributed by atoms with E-state index in [0.717, 1.165) is 24.2 Å². The van der Waals surface area contributed by atoms with Gasteiger partial charge in [-0.1, -0.05) is 24.3 Å². The van der Waals surface area contributed by atoms with Crippen LogP contribution in [0.15, 0.2) is 53.3 Å². The van der Waals surface area contributed by atoms with Crippen LogP contribution in [0.25, 0.3) is 11.0 Å². The second-order valence-electron chi connectivity index (χ2n) is 6.97. The molecule has 1 fully saturated rings. The van der Waals surface area contributed by atoms with E-state index in [4.69, 9.17) is 4.74 Å². The Hall–Kier alpha value is -3.15. The summed E-state index contributed by atoms with van der Waals surface area (Å²) in [6, 6.07) is 15.1. The summed E-state index contributed by atoms with van der Waals surface area (Å²) in [5.74, 6) is 0.509. The van der Waals surface area contributed by atoms with Crippen LogP contribution in [0.1, 0.15) is 41.9 Å². The van der Waals surface area contributed by atoms with E-state index in [2.05, 4.69) is 4.98 Å². The third kappa shape index (κ3) is 3.15. The molecular weight excluding hydrogens is 354 g/mol. The van der Waals surface area contributed by atoms with Gasteiger partial charge in [-0.15, -0.1) is 0 Å². The van der Waals surface area contributed by atoms with Crippen molar-refractivity contribution in [2.24, 2.45) is 7.05 Å². The summed E-state index contributed by atoms with van der Waals surface area (Å²) >= 11 is 0. The zero-order chi connectivity index (χ0) is 19.7. The van der Waals surface area contributed by atoms with E-state index < -0.39 is 0 Å². The molecule has 3 aromatic rings. The summed E-state index contributed by atoms with van der Waals surface area (Å²) in [5.41, 5.74) is 2.03.